The van der Waals surface area contributed by atoms with Gasteiger partial charge < -0.3 is 14.9 Å². The zero-order chi connectivity index (χ0) is 33.2. The van der Waals surface area contributed by atoms with E-state index < -0.39 is 33.4 Å². The average molecular weight is 675 g/mol. The Bertz CT molecular complexity index is 1880. The van der Waals surface area contributed by atoms with Gasteiger partial charge in [0.25, 0.3) is 0 Å². The van der Waals surface area contributed by atoms with Crippen LogP contribution in [-0.2, 0) is 21.4 Å². The number of rotatable bonds is 13. The van der Waals surface area contributed by atoms with Crippen LogP contribution in [-0.4, -0.2) is 71.6 Å². The topological polar surface area (TPSA) is 124 Å². The van der Waals surface area contributed by atoms with Crippen LogP contribution in [0.1, 0.15) is 46.7 Å². The molecular formula is C36H35ClN2O7S. The lowest BCUT2D eigenvalue weighted by atomic mass is 10.0. The lowest BCUT2D eigenvalue weighted by Gasteiger charge is -2.30. The number of aliphatic carboxylic acids is 1. The molecule has 1 heterocycles. The van der Waals surface area contributed by atoms with Crippen molar-refractivity contribution < 1.29 is 33.0 Å². The standard InChI is InChI=1S/C36H35ClN2O7S/c37-30-13-9-26(10-14-30)27-11-15-32(16-12-27)47(44,45)39(24-25-5-3-7-29(21-25)34(40)41)36(35(42)43)23-33(36)28-6-4-8-31(22-28)46-20-19-38-17-1-2-18-38/h3-16,21-22,33H,1-2,17-20,23-24H2,(H,40,41)(H,42,43). The molecule has 11 heteroatoms. The second-order valence-corrected chi connectivity index (χ2v) is 14.3. The van der Waals surface area contributed by atoms with Crippen molar-refractivity contribution in [3.63, 3.8) is 0 Å². The third-order valence-electron chi connectivity index (χ3n) is 9.00. The third-order valence-corrected chi connectivity index (χ3v) is 11.2. The Hall–Kier alpha value is -4.22. The van der Waals surface area contributed by atoms with Crippen molar-refractivity contribution in [1.29, 1.82) is 0 Å². The Morgan fingerprint density at radius 2 is 1.55 bits per heavy atom. The van der Waals surface area contributed by atoms with Gasteiger partial charge >= 0.3 is 11.9 Å². The van der Waals surface area contributed by atoms with Crippen molar-refractivity contribution >= 4 is 33.6 Å². The number of likely N-dealkylation sites (tertiary alicyclic amines) is 1. The second-order valence-electron chi connectivity index (χ2n) is 12.0. The molecule has 47 heavy (non-hydrogen) atoms. The molecule has 1 saturated carbocycles. The van der Waals surface area contributed by atoms with Gasteiger partial charge in [-0.25, -0.2) is 13.2 Å². The fraction of sp³-hybridized carbons (Fsp3) is 0.278. The summed E-state index contributed by atoms with van der Waals surface area (Å²) in [6.45, 7) is 3.05. The molecule has 0 amide bonds. The van der Waals surface area contributed by atoms with Crippen molar-refractivity contribution in [3.05, 3.63) is 119 Å². The molecule has 2 fully saturated rings. The predicted molar refractivity (Wildman–Crippen MR) is 178 cm³/mol. The van der Waals surface area contributed by atoms with Crippen molar-refractivity contribution in [2.45, 2.75) is 42.2 Å². The maximum Gasteiger partial charge on any atom is 0.335 e. The Labute approximate surface area is 279 Å². The number of benzene rings is 4. The van der Waals surface area contributed by atoms with Crippen LogP contribution in [0.3, 0.4) is 0 Å². The molecule has 2 aliphatic rings. The highest BCUT2D eigenvalue weighted by Gasteiger charge is 2.68. The number of halogens is 1. The normalized spacial score (nSPS) is 19.5. The van der Waals surface area contributed by atoms with E-state index in [1.165, 1.54) is 43.2 Å². The first-order valence-electron chi connectivity index (χ1n) is 15.5. The number of carboxylic acids is 2. The van der Waals surface area contributed by atoms with Gasteiger partial charge in [0.05, 0.1) is 10.5 Å². The molecule has 0 aromatic heterocycles. The molecule has 2 atom stereocenters. The quantitative estimate of drug-likeness (QED) is 0.167. The molecule has 9 nitrogen and oxygen atoms in total. The summed E-state index contributed by atoms with van der Waals surface area (Å²) < 4.78 is 35.9. The Morgan fingerprint density at radius 3 is 2.21 bits per heavy atom. The first-order chi connectivity index (χ1) is 22.6. The third kappa shape index (κ3) is 6.92. The number of ether oxygens (including phenoxy) is 1. The van der Waals surface area contributed by atoms with Gasteiger partial charge in [-0.15, -0.1) is 0 Å². The van der Waals surface area contributed by atoms with Crippen LogP contribution >= 0.6 is 11.6 Å². The molecule has 2 unspecified atom stereocenters. The molecular weight excluding hydrogens is 640 g/mol. The fourth-order valence-corrected chi connectivity index (χ4v) is 8.27. The molecule has 2 N–H and O–H groups in total. The summed E-state index contributed by atoms with van der Waals surface area (Å²) in [7, 11) is -4.41. The Balaban J connectivity index is 1.33. The molecule has 0 bridgehead atoms. The minimum absolute atomic E-state index is 0.0253. The summed E-state index contributed by atoms with van der Waals surface area (Å²) in [4.78, 5) is 27.2. The van der Waals surface area contributed by atoms with Crippen LogP contribution in [0.2, 0.25) is 5.02 Å². The van der Waals surface area contributed by atoms with Gasteiger partial charge in [0.15, 0.2) is 0 Å². The van der Waals surface area contributed by atoms with E-state index in [0.717, 1.165) is 35.1 Å². The maximum absolute atomic E-state index is 14.4. The lowest BCUT2D eigenvalue weighted by molar-refractivity contribution is -0.143. The summed E-state index contributed by atoms with van der Waals surface area (Å²) in [6, 6.07) is 26.5. The average Bonchev–Trinajstić information content (AvgIpc) is 3.62. The van der Waals surface area contributed by atoms with Gasteiger partial charge in [0.1, 0.15) is 17.9 Å². The number of sulfonamides is 1. The summed E-state index contributed by atoms with van der Waals surface area (Å²) in [6.07, 6.45) is 2.40. The smallest absolute Gasteiger partial charge is 0.335 e. The number of carbonyl (C=O) groups is 2. The molecule has 1 aliphatic carbocycles. The van der Waals surface area contributed by atoms with Gasteiger partial charge in [0.2, 0.25) is 10.0 Å². The van der Waals surface area contributed by atoms with E-state index in [1.807, 2.05) is 18.2 Å². The van der Waals surface area contributed by atoms with Gasteiger partial charge in [-0.2, -0.15) is 4.31 Å². The second kappa shape index (κ2) is 13.5. The van der Waals surface area contributed by atoms with Crippen molar-refractivity contribution in [2.24, 2.45) is 0 Å². The molecule has 0 spiro atoms. The Kier molecular flexibility index (Phi) is 9.39. The van der Waals surface area contributed by atoms with Crippen molar-refractivity contribution in [2.75, 3.05) is 26.2 Å². The van der Waals surface area contributed by atoms with Crippen molar-refractivity contribution in [3.8, 4) is 16.9 Å². The summed E-state index contributed by atoms with van der Waals surface area (Å²) in [5.41, 5.74) is 0.789. The maximum atomic E-state index is 14.4. The molecule has 4 aromatic rings. The van der Waals surface area contributed by atoms with E-state index in [9.17, 15) is 28.2 Å². The van der Waals surface area contributed by atoms with E-state index in [0.29, 0.717) is 28.5 Å². The molecule has 4 aromatic carbocycles. The van der Waals surface area contributed by atoms with Crippen LogP contribution in [0, 0.1) is 0 Å². The number of hydrogen-bond donors (Lipinski definition) is 2. The van der Waals surface area contributed by atoms with Crippen molar-refractivity contribution in [1.82, 2.24) is 9.21 Å². The van der Waals surface area contributed by atoms with Gasteiger partial charge in [0, 0.05) is 24.0 Å². The molecule has 6 rings (SSSR count). The highest BCUT2D eigenvalue weighted by Crippen LogP contribution is 2.58. The highest BCUT2D eigenvalue weighted by molar-refractivity contribution is 7.89. The molecule has 244 valence electrons. The van der Waals surface area contributed by atoms with E-state index in [-0.39, 0.29) is 23.4 Å². The first-order valence-corrected chi connectivity index (χ1v) is 17.3. The highest BCUT2D eigenvalue weighted by atomic mass is 35.5. The summed E-state index contributed by atoms with van der Waals surface area (Å²) in [5, 5.41) is 20.9. The largest absolute Gasteiger partial charge is 0.492 e. The molecule has 1 saturated heterocycles. The van der Waals surface area contributed by atoms with E-state index in [4.69, 9.17) is 16.3 Å². The van der Waals surface area contributed by atoms with E-state index in [1.54, 1.807) is 48.5 Å². The first kappa shape index (κ1) is 32.7. The zero-order valence-electron chi connectivity index (χ0n) is 25.6. The van der Waals surface area contributed by atoms with Crippen LogP contribution < -0.4 is 4.74 Å². The monoisotopic (exact) mass is 674 g/mol. The van der Waals surface area contributed by atoms with Crippen LogP contribution in [0.15, 0.2) is 102 Å². The SMILES string of the molecule is O=C(O)c1cccc(CN(C2(C(=O)O)CC2c2cccc(OCCN3CCCC3)c2)S(=O)(=O)c2ccc(-c3ccc(Cl)cc3)cc2)c1. The number of carboxylic acid groups (broad SMARTS) is 2. The predicted octanol–water partition coefficient (Wildman–Crippen LogP) is 6.38. The molecule has 0 radical (unpaired) electrons. The lowest BCUT2D eigenvalue weighted by Crippen LogP contribution is -2.48. The van der Waals surface area contributed by atoms with E-state index in [2.05, 4.69) is 4.90 Å². The van der Waals surface area contributed by atoms with Crippen LogP contribution in [0.4, 0.5) is 0 Å². The summed E-state index contributed by atoms with van der Waals surface area (Å²) in [5.74, 6) is -2.52. The number of hydrogen-bond acceptors (Lipinski definition) is 6. The molecule has 1 aliphatic heterocycles. The van der Waals surface area contributed by atoms with Gasteiger partial charge in [-0.05, 0) is 103 Å². The summed E-state index contributed by atoms with van der Waals surface area (Å²) >= 11 is 6.02. The van der Waals surface area contributed by atoms with E-state index >= 15 is 0 Å². The zero-order valence-corrected chi connectivity index (χ0v) is 27.2. The van der Waals surface area contributed by atoms with Gasteiger partial charge in [-0.3, -0.25) is 9.69 Å². The fourth-order valence-electron chi connectivity index (χ4n) is 6.38. The minimum Gasteiger partial charge on any atom is -0.492 e. The number of aromatic carboxylic acids is 1. The minimum atomic E-state index is -4.41. The van der Waals surface area contributed by atoms with Gasteiger partial charge in [-0.1, -0.05) is 60.1 Å². The Morgan fingerprint density at radius 1 is 0.894 bits per heavy atom. The van der Waals surface area contributed by atoms with Crippen LogP contribution in [0.25, 0.3) is 11.1 Å². The number of nitrogens with zero attached hydrogens (tertiary/aromatic N) is 2. The van der Waals surface area contributed by atoms with Crippen LogP contribution in [0.5, 0.6) is 5.75 Å².